The number of carbonyl (C=O) groups excluding carboxylic acids is 1. The van der Waals surface area contributed by atoms with E-state index in [-0.39, 0.29) is 16.3 Å². The van der Waals surface area contributed by atoms with Gasteiger partial charge in [-0.2, -0.15) is 0 Å². The van der Waals surface area contributed by atoms with Gasteiger partial charge in [-0.15, -0.1) is 0 Å². The number of rotatable bonds is 4. The first-order chi connectivity index (χ1) is 7.95. The average Bonchev–Trinajstić information content (AvgIpc) is 2.29. The van der Waals surface area contributed by atoms with Gasteiger partial charge in [-0.1, -0.05) is 11.6 Å². The fourth-order valence-corrected chi connectivity index (χ4v) is 1.35. The molecule has 1 atom stereocenters. The first kappa shape index (κ1) is 13.3. The third-order valence-electron chi connectivity index (χ3n) is 2.01. The van der Waals surface area contributed by atoms with Crippen LogP contribution in [0.1, 0.15) is 17.3 Å². The number of carboxylic acids is 1. The van der Waals surface area contributed by atoms with Crippen LogP contribution < -0.4 is 4.74 Å². The van der Waals surface area contributed by atoms with Crippen LogP contribution in [-0.2, 0) is 9.53 Å². The molecule has 0 aliphatic carbocycles. The van der Waals surface area contributed by atoms with Gasteiger partial charge in [0.05, 0.1) is 7.11 Å². The summed E-state index contributed by atoms with van der Waals surface area (Å²) in [5, 5.41) is 9.22. The number of halogens is 1. The van der Waals surface area contributed by atoms with E-state index in [0.717, 1.165) is 0 Å². The van der Waals surface area contributed by atoms with Gasteiger partial charge in [0.2, 0.25) is 0 Å². The quantitative estimate of drug-likeness (QED) is 0.836. The molecule has 0 saturated heterocycles. The first-order valence-electron chi connectivity index (χ1n) is 4.73. The number of esters is 1. The van der Waals surface area contributed by atoms with E-state index >= 15 is 0 Å². The number of methoxy groups -OCH3 is 1. The zero-order valence-corrected chi connectivity index (χ0v) is 10.0. The van der Waals surface area contributed by atoms with Gasteiger partial charge in [0.15, 0.2) is 6.10 Å². The lowest BCUT2D eigenvalue weighted by atomic mass is 10.2. The van der Waals surface area contributed by atoms with Crippen molar-refractivity contribution >= 4 is 23.5 Å². The zero-order valence-electron chi connectivity index (χ0n) is 9.27. The van der Waals surface area contributed by atoms with Gasteiger partial charge in [0.25, 0.3) is 0 Å². The Morgan fingerprint density at radius 2 is 2.06 bits per heavy atom. The summed E-state index contributed by atoms with van der Waals surface area (Å²) in [6.07, 6.45) is -0.890. The summed E-state index contributed by atoms with van der Waals surface area (Å²) in [6, 6.07) is 4.13. The van der Waals surface area contributed by atoms with Gasteiger partial charge in [-0.05, 0) is 25.1 Å². The molecule has 17 heavy (non-hydrogen) atoms. The van der Waals surface area contributed by atoms with Crippen molar-refractivity contribution in [2.24, 2.45) is 0 Å². The summed E-state index contributed by atoms with van der Waals surface area (Å²) in [7, 11) is 1.22. The summed E-state index contributed by atoms with van der Waals surface area (Å²) >= 11 is 5.68. The van der Waals surface area contributed by atoms with Gasteiger partial charge in [0, 0.05) is 5.02 Å². The number of carboxylic acid groups (broad SMARTS) is 1. The number of hydrogen-bond acceptors (Lipinski definition) is 4. The van der Waals surface area contributed by atoms with E-state index in [1.54, 1.807) is 0 Å². The van der Waals surface area contributed by atoms with Crippen molar-refractivity contribution in [3.8, 4) is 5.75 Å². The summed E-state index contributed by atoms with van der Waals surface area (Å²) in [5.74, 6) is -1.70. The maximum absolute atomic E-state index is 11.1. The molecule has 5 nitrogen and oxygen atoms in total. The van der Waals surface area contributed by atoms with Crippen LogP contribution in [0.25, 0.3) is 0 Å². The molecule has 0 radical (unpaired) electrons. The molecule has 0 bridgehead atoms. The average molecular weight is 259 g/mol. The fourth-order valence-electron chi connectivity index (χ4n) is 1.18. The Hall–Kier alpha value is -1.75. The number of benzene rings is 1. The Morgan fingerprint density at radius 1 is 1.41 bits per heavy atom. The van der Waals surface area contributed by atoms with Crippen LogP contribution in [0.15, 0.2) is 18.2 Å². The van der Waals surface area contributed by atoms with Crippen molar-refractivity contribution in [2.45, 2.75) is 13.0 Å². The smallest absolute Gasteiger partial charge is 0.346 e. The molecule has 0 fully saturated rings. The standard InChI is InChI=1S/C11H11ClO5/c1-6(11(15)16-2)17-9-4-3-7(12)5-8(9)10(13)14/h3-6H,1-2H3,(H,13,14). The van der Waals surface area contributed by atoms with E-state index in [2.05, 4.69) is 4.74 Å². The highest BCUT2D eigenvalue weighted by atomic mass is 35.5. The largest absolute Gasteiger partial charge is 0.478 e. The molecule has 0 saturated carbocycles. The zero-order chi connectivity index (χ0) is 13.0. The van der Waals surface area contributed by atoms with Gasteiger partial charge in [-0.3, -0.25) is 0 Å². The second-order valence-electron chi connectivity index (χ2n) is 3.23. The van der Waals surface area contributed by atoms with Crippen molar-refractivity contribution in [1.29, 1.82) is 0 Å². The Labute approximate surface area is 103 Å². The highest BCUT2D eigenvalue weighted by Crippen LogP contribution is 2.24. The number of carbonyl (C=O) groups is 2. The van der Waals surface area contributed by atoms with Crippen molar-refractivity contribution in [3.05, 3.63) is 28.8 Å². The molecular weight excluding hydrogens is 248 g/mol. The third-order valence-corrected chi connectivity index (χ3v) is 2.24. The lowest BCUT2D eigenvalue weighted by molar-refractivity contribution is -0.147. The van der Waals surface area contributed by atoms with Crippen LogP contribution in [0, 0.1) is 0 Å². The van der Waals surface area contributed by atoms with E-state index < -0.39 is 18.0 Å². The van der Waals surface area contributed by atoms with Crippen LogP contribution in [0.3, 0.4) is 0 Å². The van der Waals surface area contributed by atoms with Crippen LogP contribution in [-0.4, -0.2) is 30.3 Å². The second kappa shape index (κ2) is 5.54. The van der Waals surface area contributed by atoms with Crippen molar-refractivity contribution in [3.63, 3.8) is 0 Å². The number of aromatic carboxylic acids is 1. The van der Waals surface area contributed by atoms with E-state index in [1.807, 2.05) is 0 Å². The summed E-state index contributed by atoms with van der Waals surface area (Å²) in [4.78, 5) is 22.1. The van der Waals surface area contributed by atoms with Gasteiger partial charge < -0.3 is 14.6 Å². The molecule has 0 aliphatic heterocycles. The molecule has 1 aromatic rings. The van der Waals surface area contributed by atoms with E-state index in [4.69, 9.17) is 21.4 Å². The van der Waals surface area contributed by atoms with Crippen LogP contribution >= 0.6 is 11.6 Å². The highest BCUT2D eigenvalue weighted by Gasteiger charge is 2.19. The van der Waals surface area contributed by atoms with Crippen molar-refractivity contribution in [2.75, 3.05) is 7.11 Å². The molecule has 1 unspecified atom stereocenters. The van der Waals surface area contributed by atoms with Crippen molar-refractivity contribution in [1.82, 2.24) is 0 Å². The predicted octanol–water partition coefficient (Wildman–Crippen LogP) is 1.98. The molecular formula is C11H11ClO5. The Kier molecular flexibility index (Phi) is 4.34. The molecule has 1 N–H and O–H groups in total. The molecule has 1 aromatic carbocycles. The van der Waals surface area contributed by atoms with Gasteiger partial charge >= 0.3 is 11.9 Å². The SMILES string of the molecule is COC(=O)C(C)Oc1ccc(Cl)cc1C(=O)O. The molecule has 1 rings (SSSR count). The van der Waals surface area contributed by atoms with Crippen LogP contribution in [0.4, 0.5) is 0 Å². The molecule has 0 amide bonds. The lowest BCUT2D eigenvalue weighted by Crippen LogP contribution is -2.25. The number of ether oxygens (including phenoxy) is 2. The minimum Gasteiger partial charge on any atom is -0.478 e. The van der Waals surface area contributed by atoms with E-state index in [9.17, 15) is 9.59 Å². The van der Waals surface area contributed by atoms with Crippen LogP contribution in [0.2, 0.25) is 5.02 Å². The Morgan fingerprint density at radius 3 is 2.59 bits per heavy atom. The maximum Gasteiger partial charge on any atom is 0.346 e. The summed E-state index contributed by atoms with van der Waals surface area (Å²) in [6.45, 7) is 1.46. The Balaban J connectivity index is 2.98. The molecule has 0 heterocycles. The topological polar surface area (TPSA) is 72.8 Å². The van der Waals surface area contributed by atoms with Gasteiger partial charge in [-0.25, -0.2) is 9.59 Å². The third kappa shape index (κ3) is 3.35. The van der Waals surface area contributed by atoms with Crippen molar-refractivity contribution < 1.29 is 24.2 Å². The highest BCUT2D eigenvalue weighted by molar-refractivity contribution is 6.31. The summed E-state index contributed by atoms with van der Waals surface area (Å²) < 4.78 is 9.67. The Bertz CT molecular complexity index is 443. The predicted molar refractivity (Wildman–Crippen MR) is 60.5 cm³/mol. The van der Waals surface area contributed by atoms with Gasteiger partial charge in [0.1, 0.15) is 11.3 Å². The van der Waals surface area contributed by atoms with E-state index in [0.29, 0.717) is 0 Å². The normalized spacial score (nSPS) is 11.7. The molecule has 0 aromatic heterocycles. The monoisotopic (exact) mass is 258 g/mol. The molecule has 0 aliphatic rings. The van der Waals surface area contributed by atoms with Crippen LogP contribution in [0.5, 0.6) is 5.75 Å². The molecule has 6 heteroatoms. The summed E-state index contributed by atoms with van der Waals surface area (Å²) in [5.41, 5.74) is -0.103. The maximum atomic E-state index is 11.1. The number of hydrogen-bond donors (Lipinski definition) is 1. The lowest BCUT2D eigenvalue weighted by Gasteiger charge is -2.14. The fraction of sp³-hybridized carbons (Fsp3) is 0.273. The first-order valence-corrected chi connectivity index (χ1v) is 5.11. The molecule has 92 valence electrons. The van der Waals surface area contributed by atoms with E-state index in [1.165, 1.54) is 32.2 Å². The molecule has 0 spiro atoms. The minimum absolute atomic E-state index is 0.0693. The second-order valence-corrected chi connectivity index (χ2v) is 3.67. The minimum atomic E-state index is -1.18.